The summed E-state index contributed by atoms with van der Waals surface area (Å²) in [7, 11) is 0. The van der Waals surface area contributed by atoms with Gasteiger partial charge >= 0.3 is 0 Å². The summed E-state index contributed by atoms with van der Waals surface area (Å²) in [6, 6.07) is 18.0. The number of para-hydroxylation sites is 2. The molecule has 1 aliphatic heterocycles. The van der Waals surface area contributed by atoms with Crippen molar-refractivity contribution in [2.75, 3.05) is 17.2 Å². The molecule has 0 bridgehead atoms. The molecule has 0 radical (unpaired) electrons. The molecule has 2 aromatic carbocycles. The minimum Gasteiger partial charge on any atom is -0.492 e. The number of benzene rings is 2. The van der Waals surface area contributed by atoms with E-state index in [1.165, 1.54) is 11.8 Å². The van der Waals surface area contributed by atoms with E-state index in [1.807, 2.05) is 62.4 Å². The maximum absolute atomic E-state index is 13.7. The number of carbonyl (C=O) groups excluding carboxylic acids is 1. The molecule has 37 heavy (non-hydrogen) atoms. The lowest BCUT2D eigenvalue weighted by Crippen LogP contribution is -2.31. The van der Waals surface area contributed by atoms with Gasteiger partial charge in [-0.25, -0.2) is 4.68 Å². The van der Waals surface area contributed by atoms with Crippen LogP contribution in [0.25, 0.3) is 0 Å². The molecule has 3 heterocycles. The summed E-state index contributed by atoms with van der Waals surface area (Å²) in [6.07, 6.45) is 0. The second-order valence-corrected chi connectivity index (χ2v) is 10.3. The van der Waals surface area contributed by atoms with Crippen LogP contribution in [-0.4, -0.2) is 27.3 Å². The summed E-state index contributed by atoms with van der Waals surface area (Å²) in [5.41, 5.74) is 2.66. The van der Waals surface area contributed by atoms with Gasteiger partial charge in [0.15, 0.2) is 4.67 Å². The molecule has 1 atom stereocenters. The van der Waals surface area contributed by atoms with Crippen LogP contribution in [0, 0.1) is 0 Å². The number of allylic oxidation sites excluding steroid dienone is 1. The molecular weight excluding hydrogens is 578 g/mol. The number of amides is 1. The summed E-state index contributed by atoms with van der Waals surface area (Å²) >= 11 is 11.2. The minimum absolute atomic E-state index is 0.305. The maximum Gasteiger partial charge on any atom is 0.256 e. The molecule has 0 fully saturated rings. The summed E-state index contributed by atoms with van der Waals surface area (Å²) in [5, 5.41) is 12.2. The molecule has 0 spiro atoms. The third-order valence-electron chi connectivity index (χ3n) is 5.69. The van der Waals surface area contributed by atoms with E-state index in [1.54, 1.807) is 16.8 Å². The van der Waals surface area contributed by atoms with Gasteiger partial charge in [-0.3, -0.25) is 4.79 Å². The molecule has 1 aliphatic rings. The van der Waals surface area contributed by atoms with Gasteiger partial charge in [0.1, 0.15) is 17.6 Å². The van der Waals surface area contributed by atoms with E-state index in [2.05, 4.69) is 31.5 Å². The van der Waals surface area contributed by atoms with Gasteiger partial charge in [-0.2, -0.15) is 4.98 Å². The Labute approximate surface area is 231 Å². The van der Waals surface area contributed by atoms with E-state index in [9.17, 15) is 4.79 Å². The molecule has 0 saturated heterocycles. The van der Waals surface area contributed by atoms with Crippen LogP contribution in [0.1, 0.15) is 31.2 Å². The second-order valence-electron chi connectivity index (χ2n) is 8.13. The highest BCUT2D eigenvalue weighted by molar-refractivity contribution is 9.10. The zero-order valence-corrected chi connectivity index (χ0v) is 23.2. The van der Waals surface area contributed by atoms with Gasteiger partial charge in [0.05, 0.1) is 17.9 Å². The Morgan fingerprint density at radius 2 is 2.00 bits per heavy atom. The van der Waals surface area contributed by atoms with Gasteiger partial charge in [0.25, 0.3) is 5.91 Å². The Morgan fingerprint density at radius 3 is 2.76 bits per heavy atom. The second kappa shape index (κ2) is 11.0. The molecule has 8 nitrogen and oxygen atoms in total. The molecule has 11 heteroatoms. The molecule has 1 amide bonds. The van der Waals surface area contributed by atoms with E-state index in [4.69, 9.17) is 25.9 Å². The van der Waals surface area contributed by atoms with Crippen LogP contribution in [0.4, 0.5) is 11.6 Å². The number of hydrogen-bond acceptors (Lipinski definition) is 7. The van der Waals surface area contributed by atoms with E-state index in [0.29, 0.717) is 61.6 Å². The third kappa shape index (κ3) is 5.41. The molecule has 1 unspecified atom stereocenters. The smallest absolute Gasteiger partial charge is 0.256 e. The molecular formula is C26H23BrClN5O3S. The molecule has 0 aliphatic carbocycles. The Hall–Kier alpha value is -3.21. The van der Waals surface area contributed by atoms with Gasteiger partial charge < -0.3 is 19.8 Å². The van der Waals surface area contributed by atoms with Crippen molar-refractivity contribution in [2.24, 2.45) is 0 Å². The predicted molar refractivity (Wildman–Crippen MR) is 148 cm³/mol. The molecule has 4 aromatic rings. The van der Waals surface area contributed by atoms with Gasteiger partial charge in [0.2, 0.25) is 11.1 Å². The Morgan fingerprint density at radius 1 is 1.22 bits per heavy atom. The fraction of sp³-hybridized carbons (Fsp3) is 0.192. The molecule has 190 valence electrons. The fourth-order valence-corrected chi connectivity index (χ4v) is 5.46. The zero-order chi connectivity index (χ0) is 25.9. The van der Waals surface area contributed by atoms with Crippen molar-refractivity contribution >= 4 is 56.8 Å². The summed E-state index contributed by atoms with van der Waals surface area (Å²) in [4.78, 5) is 18.4. The Kier molecular flexibility index (Phi) is 7.59. The highest BCUT2D eigenvalue weighted by atomic mass is 79.9. The average molecular weight is 601 g/mol. The number of halogens is 2. The van der Waals surface area contributed by atoms with Crippen molar-refractivity contribution < 1.29 is 13.9 Å². The van der Waals surface area contributed by atoms with Crippen LogP contribution in [0.15, 0.2) is 86.2 Å². The van der Waals surface area contributed by atoms with Crippen molar-refractivity contribution in [1.29, 1.82) is 0 Å². The largest absolute Gasteiger partial charge is 0.492 e. The average Bonchev–Trinajstić information content (AvgIpc) is 3.49. The first-order valence-corrected chi connectivity index (χ1v) is 13.7. The van der Waals surface area contributed by atoms with E-state index >= 15 is 0 Å². The lowest BCUT2D eigenvalue weighted by atomic mass is 10.00. The van der Waals surface area contributed by atoms with Crippen molar-refractivity contribution in [2.45, 2.75) is 30.8 Å². The predicted octanol–water partition coefficient (Wildman–Crippen LogP) is 6.91. The third-order valence-corrected chi connectivity index (χ3v) is 7.37. The number of fused-ring (bicyclic) bond motifs is 1. The number of nitrogens with zero attached hydrogens (tertiary/aromatic N) is 3. The van der Waals surface area contributed by atoms with E-state index in [0.717, 1.165) is 5.56 Å². The standard InChI is InChI=1S/C26H23BrClN5O3S/c1-3-35-19-11-7-6-10-18(19)30-24(34)22-15(2)29-25-31-26(37-14-16-8-4-5-9-17(16)28)32-33(25)23(22)20-12-13-21(27)36-20/h4-13,23H,3,14H2,1-2H3,(H,30,34)(H,29,31,32). The summed E-state index contributed by atoms with van der Waals surface area (Å²) in [6.45, 7) is 4.22. The van der Waals surface area contributed by atoms with Crippen LogP contribution >= 0.6 is 39.3 Å². The van der Waals surface area contributed by atoms with Crippen molar-refractivity contribution in [3.05, 3.63) is 92.9 Å². The van der Waals surface area contributed by atoms with E-state index in [-0.39, 0.29) is 5.91 Å². The van der Waals surface area contributed by atoms with Crippen LogP contribution in [0.3, 0.4) is 0 Å². The van der Waals surface area contributed by atoms with Gasteiger partial charge in [-0.1, -0.05) is 53.7 Å². The maximum atomic E-state index is 13.7. The Balaban J connectivity index is 1.47. The quantitative estimate of drug-likeness (QED) is 0.212. The van der Waals surface area contributed by atoms with Crippen molar-refractivity contribution in [3.63, 3.8) is 0 Å². The number of aromatic nitrogens is 3. The SMILES string of the molecule is CCOc1ccccc1NC(=O)C1=C(C)Nc2nc(SCc3ccccc3Cl)nn2C1c1ccc(Br)o1. The Bertz CT molecular complexity index is 1480. The number of nitrogens with one attached hydrogen (secondary N) is 2. The normalized spacial score (nSPS) is 14.8. The van der Waals surface area contributed by atoms with Crippen LogP contribution in [-0.2, 0) is 10.5 Å². The molecule has 2 N–H and O–H groups in total. The van der Waals surface area contributed by atoms with Crippen LogP contribution in [0.5, 0.6) is 5.75 Å². The molecule has 0 saturated carbocycles. The number of furan rings is 1. The number of ether oxygens (including phenoxy) is 1. The monoisotopic (exact) mass is 599 g/mol. The van der Waals surface area contributed by atoms with Crippen molar-refractivity contribution in [1.82, 2.24) is 14.8 Å². The van der Waals surface area contributed by atoms with Crippen molar-refractivity contribution in [3.8, 4) is 5.75 Å². The first-order valence-electron chi connectivity index (χ1n) is 11.5. The lowest BCUT2D eigenvalue weighted by molar-refractivity contribution is -0.113. The zero-order valence-electron chi connectivity index (χ0n) is 20.0. The first kappa shape index (κ1) is 25.4. The highest BCUT2D eigenvalue weighted by Crippen LogP contribution is 2.39. The fourth-order valence-electron chi connectivity index (χ4n) is 4.02. The lowest BCUT2D eigenvalue weighted by Gasteiger charge is -2.27. The van der Waals surface area contributed by atoms with Gasteiger partial charge in [-0.15, -0.1) is 5.10 Å². The van der Waals surface area contributed by atoms with Gasteiger partial charge in [0, 0.05) is 16.5 Å². The number of rotatable bonds is 8. The molecule has 5 rings (SSSR count). The number of hydrogen-bond donors (Lipinski definition) is 2. The van der Waals surface area contributed by atoms with E-state index < -0.39 is 6.04 Å². The minimum atomic E-state index is -0.635. The van der Waals surface area contributed by atoms with Crippen LogP contribution < -0.4 is 15.4 Å². The number of thioether (sulfide) groups is 1. The summed E-state index contributed by atoms with van der Waals surface area (Å²) in [5.74, 6) is 1.96. The number of anilines is 2. The molecule has 2 aromatic heterocycles. The summed E-state index contributed by atoms with van der Waals surface area (Å²) < 4.78 is 13.8. The topological polar surface area (TPSA) is 94.2 Å². The number of carbonyl (C=O) groups is 1. The highest BCUT2D eigenvalue weighted by Gasteiger charge is 2.36. The van der Waals surface area contributed by atoms with Gasteiger partial charge in [-0.05, 0) is 65.7 Å². The van der Waals surface area contributed by atoms with Crippen LogP contribution in [0.2, 0.25) is 5.02 Å². The first-order chi connectivity index (χ1) is 17.9.